The maximum atomic E-state index is 11.5. The van der Waals surface area contributed by atoms with E-state index in [1.165, 1.54) is 0 Å². The van der Waals surface area contributed by atoms with Crippen LogP contribution in [0.2, 0.25) is 0 Å². The van der Waals surface area contributed by atoms with Crippen molar-refractivity contribution < 1.29 is 19.1 Å². The van der Waals surface area contributed by atoms with Gasteiger partial charge in [-0.25, -0.2) is 0 Å². The lowest BCUT2D eigenvalue weighted by Gasteiger charge is -2.31. The van der Waals surface area contributed by atoms with Gasteiger partial charge in [0.15, 0.2) is 6.29 Å². The lowest BCUT2D eigenvalue weighted by Crippen LogP contribution is -2.49. The molecule has 1 aliphatic heterocycles. The van der Waals surface area contributed by atoms with Crippen molar-refractivity contribution in [2.45, 2.75) is 26.6 Å². The highest BCUT2D eigenvalue weighted by molar-refractivity contribution is 6.00. The molecule has 6 heteroatoms. The third kappa shape index (κ3) is 3.25. The summed E-state index contributed by atoms with van der Waals surface area (Å²) in [7, 11) is 0. The number of nitrogens with zero attached hydrogens (tertiary/aromatic N) is 1. The van der Waals surface area contributed by atoms with Crippen molar-refractivity contribution in [2.75, 3.05) is 13.2 Å². The van der Waals surface area contributed by atoms with Crippen molar-refractivity contribution in [2.24, 2.45) is 11.8 Å². The Hall–Kier alpha value is -1.45. The molecule has 2 unspecified atom stereocenters. The summed E-state index contributed by atoms with van der Waals surface area (Å²) in [6, 6.07) is 1.90. The van der Waals surface area contributed by atoms with Gasteiger partial charge in [0.05, 0.1) is 6.07 Å². The van der Waals surface area contributed by atoms with Gasteiger partial charge in [0.2, 0.25) is 11.8 Å². The van der Waals surface area contributed by atoms with Gasteiger partial charge in [0.1, 0.15) is 5.92 Å². The number of nitriles is 1. The molecule has 0 saturated carbocycles. The molecule has 1 fully saturated rings. The minimum atomic E-state index is -0.907. The van der Waals surface area contributed by atoms with Gasteiger partial charge in [0, 0.05) is 25.6 Å². The molecule has 0 aromatic heterocycles. The number of hydrogen-bond donors (Lipinski definition) is 1. The first kappa shape index (κ1) is 13.6. The SMILES string of the molecule is CCOC(OCC)C1CC(=O)NC(=O)C1C#N. The number of hydrogen-bond acceptors (Lipinski definition) is 5. The maximum Gasteiger partial charge on any atom is 0.244 e. The molecule has 2 amide bonds. The van der Waals surface area contributed by atoms with Gasteiger partial charge in [-0.3, -0.25) is 14.9 Å². The first-order valence-corrected chi connectivity index (χ1v) is 5.60. The van der Waals surface area contributed by atoms with Crippen molar-refractivity contribution in [1.82, 2.24) is 5.32 Å². The number of nitrogens with one attached hydrogen (secondary N) is 1. The predicted octanol–water partition coefficient (Wildman–Crippen LogP) is 0.188. The number of carbonyl (C=O) groups excluding carboxylic acids is 2. The fraction of sp³-hybridized carbons (Fsp3) is 0.727. The zero-order valence-electron chi connectivity index (χ0n) is 9.93. The van der Waals surface area contributed by atoms with Crippen LogP contribution in [0, 0.1) is 23.2 Å². The Kier molecular flexibility index (Phi) is 5.07. The predicted molar refractivity (Wildman–Crippen MR) is 57.4 cm³/mol. The van der Waals surface area contributed by atoms with E-state index in [9.17, 15) is 9.59 Å². The van der Waals surface area contributed by atoms with Crippen molar-refractivity contribution in [3.63, 3.8) is 0 Å². The summed E-state index contributed by atoms with van der Waals surface area (Å²) in [6.07, 6.45) is -0.626. The smallest absolute Gasteiger partial charge is 0.244 e. The number of amides is 2. The van der Waals surface area contributed by atoms with Crippen molar-refractivity contribution in [1.29, 1.82) is 5.26 Å². The molecule has 1 heterocycles. The zero-order chi connectivity index (χ0) is 12.8. The number of piperidine rings is 1. The fourth-order valence-electron chi connectivity index (χ4n) is 1.82. The van der Waals surface area contributed by atoms with E-state index in [2.05, 4.69) is 5.32 Å². The Balaban J connectivity index is 2.84. The summed E-state index contributed by atoms with van der Waals surface area (Å²) in [5.41, 5.74) is 0. The van der Waals surface area contributed by atoms with Crippen LogP contribution in [0.3, 0.4) is 0 Å². The van der Waals surface area contributed by atoms with E-state index in [0.717, 1.165) is 0 Å². The van der Waals surface area contributed by atoms with Crippen LogP contribution in [0.4, 0.5) is 0 Å². The lowest BCUT2D eigenvalue weighted by molar-refractivity contribution is -0.183. The molecule has 94 valence electrons. The molecule has 0 aromatic rings. The Morgan fingerprint density at radius 1 is 1.41 bits per heavy atom. The Bertz CT molecular complexity index is 331. The second-order valence-electron chi connectivity index (χ2n) is 3.67. The third-order valence-electron chi connectivity index (χ3n) is 2.54. The van der Waals surface area contributed by atoms with Gasteiger partial charge in [0.25, 0.3) is 0 Å². The largest absolute Gasteiger partial charge is 0.353 e. The molecule has 17 heavy (non-hydrogen) atoms. The van der Waals surface area contributed by atoms with Crippen LogP contribution < -0.4 is 5.32 Å². The van der Waals surface area contributed by atoms with Crippen LogP contribution in [0.25, 0.3) is 0 Å². The van der Waals surface area contributed by atoms with Crippen molar-refractivity contribution in [3.05, 3.63) is 0 Å². The van der Waals surface area contributed by atoms with E-state index in [0.29, 0.717) is 13.2 Å². The van der Waals surface area contributed by atoms with Gasteiger partial charge < -0.3 is 9.47 Å². The number of imide groups is 1. The summed E-state index contributed by atoms with van der Waals surface area (Å²) >= 11 is 0. The van der Waals surface area contributed by atoms with E-state index in [1.807, 2.05) is 6.07 Å². The molecule has 2 atom stereocenters. The van der Waals surface area contributed by atoms with Gasteiger partial charge in [-0.05, 0) is 13.8 Å². The molecule has 0 bridgehead atoms. The molecule has 1 rings (SSSR count). The maximum absolute atomic E-state index is 11.5. The van der Waals surface area contributed by atoms with Crippen LogP contribution >= 0.6 is 0 Å². The normalized spacial score (nSPS) is 24.6. The Morgan fingerprint density at radius 3 is 2.47 bits per heavy atom. The van der Waals surface area contributed by atoms with E-state index in [4.69, 9.17) is 14.7 Å². The molecule has 0 aromatic carbocycles. The van der Waals surface area contributed by atoms with E-state index >= 15 is 0 Å². The minimum absolute atomic E-state index is 0.0641. The summed E-state index contributed by atoms with van der Waals surface area (Å²) in [5, 5.41) is 11.1. The fourth-order valence-corrected chi connectivity index (χ4v) is 1.82. The highest BCUT2D eigenvalue weighted by Gasteiger charge is 2.41. The van der Waals surface area contributed by atoms with Crippen LogP contribution in [-0.4, -0.2) is 31.3 Å². The molecule has 0 aliphatic carbocycles. The number of ether oxygens (including phenoxy) is 2. The van der Waals surface area contributed by atoms with Crippen molar-refractivity contribution >= 4 is 11.8 Å². The molecule has 1 aliphatic rings. The van der Waals surface area contributed by atoms with Gasteiger partial charge in [-0.1, -0.05) is 0 Å². The molecule has 1 saturated heterocycles. The highest BCUT2D eigenvalue weighted by Crippen LogP contribution is 2.26. The molecule has 6 nitrogen and oxygen atoms in total. The summed E-state index contributed by atoms with van der Waals surface area (Å²) in [4.78, 5) is 22.8. The van der Waals surface area contributed by atoms with Crippen molar-refractivity contribution in [3.8, 4) is 6.07 Å². The van der Waals surface area contributed by atoms with E-state index in [-0.39, 0.29) is 6.42 Å². The quantitative estimate of drug-likeness (QED) is 0.547. The van der Waals surface area contributed by atoms with Crippen LogP contribution in [-0.2, 0) is 19.1 Å². The second kappa shape index (κ2) is 6.33. The lowest BCUT2D eigenvalue weighted by atomic mass is 9.85. The Labute approximate surface area is 99.9 Å². The number of rotatable bonds is 5. The minimum Gasteiger partial charge on any atom is -0.353 e. The zero-order valence-corrected chi connectivity index (χ0v) is 9.93. The summed E-state index contributed by atoms with van der Waals surface area (Å²) in [5.74, 6) is -2.41. The third-order valence-corrected chi connectivity index (χ3v) is 2.54. The van der Waals surface area contributed by atoms with Gasteiger partial charge in [-0.2, -0.15) is 5.26 Å². The molecule has 0 radical (unpaired) electrons. The highest BCUT2D eigenvalue weighted by atomic mass is 16.7. The van der Waals surface area contributed by atoms with Gasteiger partial charge >= 0.3 is 0 Å². The molecular formula is C11H16N2O4. The van der Waals surface area contributed by atoms with E-state index in [1.54, 1.807) is 13.8 Å². The topological polar surface area (TPSA) is 88.4 Å². The first-order chi connectivity index (χ1) is 8.13. The number of carbonyl (C=O) groups is 2. The Morgan fingerprint density at radius 2 is 2.00 bits per heavy atom. The monoisotopic (exact) mass is 240 g/mol. The van der Waals surface area contributed by atoms with Crippen LogP contribution in [0.5, 0.6) is 0 Å². The standard InChI is InChI=1S/C11H16N2O4/c1-3-16-11(17-4-2)7-5-9(14)13-10(15)8(7)6-12/h7-8,11H,3-5H2,1-2H3,(H,13,14,15). The van der Waals surface area contributed by atoms with Crippen LogP contribution in [0.1, 0.15) is 20.3 Å². The summed E-state index contributed by atoms with van der Waals surface area (Å²) in [6.45, 7) is 4.38. The average molecular weight is 240 g/mol. The second-order valence-corrected chi connectivity index (χ2v) is 3.67. The van der Waals surface area contributed by atoms with Crippen LogP contribution in [0.15, 0.2) is 0 Å². The van der Waals surface area contributed by atoms with E-state index < -0.39 is 29.9 Å². The van der Waals surface area contributed by atoms with Gasteiger partial charge in [-0.15, -0.1) is 0 Å². The first-order valence-electron chi connectivity index (χ1n) is 5.60. The molecule has 1 N–H and O–H groups in total. The summed E-state index contributed by atoms with van der Waals surface area (Å²) < 4.78 is 10.7. The molecule has 0 spiro atoms. The molecular weight excluding hydrogens is 224 g/mol. The average Bonchev–Trinajstić information content (AvgIpc) is 2.28.